The van der Waals surface area contributed by atoms with Crippen LogP contribution in [-0.2, 0) is 30.7 Å². The summed E-state index contributed by atoms with van der Waals surface area (Å²) in [6.45, 7) is 4.90. The molecule has 1 saturated heterocycles. The first-order valence-corrected chi connectivity index (χ1v) is 14.4. The SMILES string of the molecule is c1ccc(CN(Cc2ccccc2)c2ncnc3c2sc2nc(N4CCOCC4)c4c(c23)CCCC4)cc1. The van der Waals surface area contributed by atoms with Gasteiger partial charge in [-0.2, -0.15) is 0 Å². The second-order valence-electron chi connectivity index (χ2n) is 10.2. The Kier molecular flexibility index (Phi) is 6.39. The second kappa shape index (κ2) is 10.3. The van der Waals surface area contributed by atoms with Gasteiger partial charge in [0.2, 0.25) is 0 Å². The number of aromatic nitrogens is 3. The summed E-state index contributed by atoms with van der Waals surface area (Å²) in [5, 5.41) is 1.25. The molecule has 5 aromatic rings. The quantitative estimate of drug-likeness (QED) is 0.267. The van der Waals surface area contributed by atoms with Gasteiger partial charge in [-0.05, 0) is 47.9 Å². The molecule has 6 nitrogen and oxygen atoms in total. The molecule has 2 aliphatic rings. The fourth-order valence-electron chi connectivity index (χ4n) is 5.90. The molecule has 0 atom stereocenters. The van der Waals surface area contributed by atoms with Crippen molar-refractivity contribution in [3.05, 3.63) is 89.2 Å². The highest BCUT2D eigenvalue weighted by Gasteiger charge is 2.27. The molecular formula is C31H31N5OS. The number of fused-ring (bicyclic) bond motifs is 5. The van der Waals surface area contributed by atoms with Crippen LogP contribution in [0.1, 0.15) is 35.1 Å². The molecule has 0 amide bonds. The van der Waals surface area contributed by atoms with Crippen molar-refractivity contribution in [1.29, 1.82) is 0 Å². The summed E-state index contributed by atoms with van der Waals surface area (Å²) < 4.78 is 6.78. The molecule has 7 rings (SSSR count). The zero-order valence-corrected chi connectivity index (χ0v) is 22.3. The average molecular weight is 522 g/mol. The molecule has 1 aliphatic heterocycles. The molecule has 7 heteroatoms. The Labute approximate surface area is 226 Å². The Bertz CT molecular complexity index is 1520. The minimum Gasteiger partial charge on any atom is -0.378 e. The standard InChI is InChI=1S/C31H31N5OS/c1-3-9-22(10-4-1)19-36(20-23-11-5-2-6-12-23)30-28-27(32-21-33-30)26-24-13-7-8-14-25(24)29(34-31(26)38-28)35-15-17-37-18-16-35/h1-6,9-12,21H,7-8,13-20H2. The van der Waals surface area contributed by atoms with E-state index in [4.69, 9.17) is 19.7 Å². The highest BCUT2D eigenvalue weighted by Crippen LogP contribution is 2.43. The molecule has 192 valence electrons. The van der Waals surface area contributed by atoms with Crippen molar-refractivity contribution in [2.45, 2.75) is 38.8 Å². The summed E-state index contributed by atoms with van der Waals surface area (Å²) >= 11 is 1.75. The van der Waals surface area contributed by atoms with E-state index in [1.54, 1.807) is 17.7 Å². The Morgan fingerprint density at radius 2 is 1.47 bits per heavy atom. The summed E-state index contributed by atoms with van der Waals surface area (Å²) in [5.41, 5.74) is 6.47. The van der Waals surface area contributed by atoms with E-state index < -0.39 is 0 Å². The predicted octanol–water partition coefficient (Wildman–Crippen LogP) is 6.16. The maximum Gasteiger partial charge on any atom is 0.150 e. The molecule has 0 saturated carbocycles. The fraction of sp³-hybridized carbons (Fsp3) is 0.323. The number of anilines is 2. The first-order chi connectivity index (χ1) is 18.8. The van der Waals surface area contributed by atoms with Gasteiger partial charge < -0.3 is 14.5 Å². The molecule has 0 bridgehead atoms. The number of hydrogen-bond donors (Lipinski definition) is 0. The molecule has 2 aromatic carbocycles. The van der Waals surface area contributed by atoms with Crippen LogP contribution in [0, 0.1) is 0 Å². The van der Waals surface area contributed by atoms with E-state index in [1.165, 1.54) is 46.3 Å². The van der Waals surface area contributed by atoms with Gasteiger partial charge in [-0.1, -0.05) is 60.7 Å². The number of benzene rings is 2. The van der Waals surface area contributed by atoms with Gasteiger partial charge in [0.15, 0.2) is 5.82 Å². The molecular weight excluding hydrogens is 490 g/mol. The van der Waals surface area contributed by atoms with E-state index in [9.17, 15) is 0 Å². The summed E-state index contributed by atoms with van der Waals surface area (Å²) in [6, 6.07) is 21.3. The molecule has 1 aliphatic carbocycles. The van der Waals surface area contributed by atoms with Gasteiger partial charge in [0.25, 0.3) is 0 Å². The van der Waals surface area contributed by atoms with Crippen LogP contribution in [0.25, 0.3) is 20.4 Å². The minimum absolute atomic E-state index is 0.768. The smallest absolute Gasteiger partial charge is 0.150 e. The summed E-state index contributed by atoms with van der Waals surface area (Å²) in [5.74, 6) is 2.16. The largest absolute Gasteiger partial charge is 0.378 e. The van der Waals surface area contributed by atoms with Crippen molar-refractivity contribution >= 4 is 43.4 Å². The van der Waals surface area contributed by atoms with Gasteiger partial charge in [-0.15, -0.1) is 11.3 Å². The summed E-state index contributed by atoms with van der Waals surface area (Å²) in [6.07, 6.45) is 6.38. The Morgan fingerprint density at radius 3 is 2.16 bits per heavy atom. The van der Waals surface area contributed by atoms with Gasteiger partial charge >= 0.3 is 0 Å². The lowest BCUT2D eigenvalue weighted by atomic mass is 9.90. The zero-order chi connectivity index (χ0) is 25.3. The highest BCUT2D eigenvalue weighted by molar-refractivity contribution is 7.26. The number of thiophene rings is 1. The monoisotopic (exact) mass is 521 g/mol. The van der Waals surface area contributed by atoms with Crippen molar-refractivity contribution in [2.24, 2.45) is 0 Å². The molecule has 0 spiro atoms. The average Bonchev–Trinajstić information content (AvgIpc) is 3.37. The number of morpholine rings is 1. The van der Waals surface area contributed by atoms with E-state index in [-0.39, 0.29) is 0 Å². The number of hydrogen-bond acceptors (Lipinski definition) is 7. The number of ether oxygens (including phenoxy) is 1. The van der Waals surface area contributed by atoms with Gasteiger partial charge in [0.1, 0.15) is 17.0 Å². The zero-order valence-electron chi connectivity index (χ0n) is 21.5. The third-order valence-electron chi connectivity index (χ3n) is 7.72. The lowest BCUT2D eigenvalue weighted by Crippen LogP contribution is -2.37. The van der Waals surface area contributed by atoms with Crippen molar-refractivity contribution in [2.75, 3.05) is 36.1 Å². The van der Waals surface area contributed by atoms with Crippen molar-refractivity contribution in [1.82, 2.24) is 15.0 Å². The molecule has 0 unspecified atom stereocenters. The lowest BCUT2D eigenvalue weighted by Gasteiger charge is -2.31. The third-order valence-corrected chi connectivity index (χ3v) is 8.79. The number of pyridine rings is 1. The first kappa shape index (κ1) is 23.6. The van der Waals surface area contributed by atoms with Crippen LogP contribution < -0.4 is 9.80 Å². The van der Waals surface area contributed by atoms with Crippen molar-refractivity contribution in [3.8, 4) is 0 Å². The van der Waals surface area contributed by atoms with E-state index in [2.05, 4.69) is 70.5 Å². The van der Waals surface area contributed by atoms with Gasteiger partial charge in [-0.3, -0.25) is 0 Å². The molecule has 3 aromatic heterocycles. The number of nitrogens with zero attached hydrogens (tertiary/aromatic N) is 5. The molecule has 0 N–H and O–H groups in total. The molecule has 1 fully saturated rings. The molecule has 4 heterocycles. The van der Waals surface area contributed by atoms with E-state index in [1.807, 2.05) is 0 Å². The summed E-state index contributed by atoms with van der Waals surface area (Å²) in [7, 11) is 0. The Hall–Kier alpha value is -3.55. The van der Waals surface area contributed by atoms with Gasteiger partial charge in [0.05, 0.1) is 23.4 Å². The Morgan fingerprint density at radius 1 is 0.816 bits per heavy atom. The predicted molar refractivity (Wildman–Crippen MR) is 155 cm³/mol. The summed E-state index contributed by atoms with van der Waals surface area (Å²) in [4.78, 5) is 21.0. The Balaban J connectivity index is 1.39. The first-order valence-electron chi connectivity index (χ1n) is 13.6. The second-order valence-corrected chi connectivity index (χ2v) is 11.2. The van der Waals surface area contributed by atoms with Crippen LogP contribution in [0.5, 0.6) is 0 Å². The van der Waals surface area contributed by atoms with Crippen LogP contribution in [0.2, 0.25) is 0 Å². The topological polar surface area (TPSA) is 54.4 Å². The van der Waals surface area contributed by atoms with Crippen LogP contribution >= 0.6 is 11.3 Å². The van der Waals surface area contributed by atoms with Gasteiger partial charge in [0, 0.05) is 31.6 Å². The van der Waals surface area contributed by atoms with Crippen LogP contribution in [0.3, 0.4) is 0 Å². The maximum atomic E-state index is 5.65. The van der Waals surface area contributed by atoms with E-state index in [0.717, 1.165) is 73.1 Å². The molecule has 0 radical (unpaired) electrons. The third kappa shape index (κ3) is 4.40. The number of rotatable bonds is 6. The highest BCUT2D eigenvalue weighted by atomic mass is 32.1. The lowest BCUT2D eigenvalue weighted by molar-refractivity contribution is 0.122. The normalized spacial score (nSPS) is 15.6. The van der Waals surface area contributed by atoms with E-state index >= 15 is 0 Å². The minimum atomic E-state index is 0.768. The van der Waals surface area contributed by atoms with Gasteiger partial charge in [-0.25, -0.2) is 15.0 Å². The maximum absolute atomic E-state index is 5.65. The van der Waals surface area contributed by atoms with Crippen LogP contribution in [-0.4, -0.2) is 41.3 Å². The number of aryl methyl sites for hydroxylation is 1. The van der Waals surface area contributed by atoms with Crippen molar-refractivity contribution in [3.63, 3.8) is 0 Å². The molecule has 38 heavy (non-hydrogen) atoms. The van der Waals surface area contributed by atoms with Crippen molar-refractivity contribution < 1.29 is 4.74 Å². The van der Waals surface area contributed by atoms with Crippen LogP contribution in [0.15, 0.2) is 67.0 Å². The fourth-order valence-corrected chi connectivity index (χ4v) is 7.08. The van der Waals surface area contributed by atoms with E-state index in [0.29, 0.717) is 0 Å². The van der Waals surface area contributed by atoms with Crippen LogP contribution in [0.4, 0.5) is 11.6 Å².